The molecule has 1 N–H and O–H groups in total. The summed E-state index contributed by atoms with van der Waals surface area (Å²) in [4.78, 5) is 2.62. The Morgan fingerprint density at radius 1 is 1.35 bits per heavy atom. The minimum atomic E-state index is 0.627. The molecule has 1 aromatic carbocycles. The Morgan fingerprint density at radius 3 is 3.05 bits per heavy atom. The highest BCUT2D eigenvalue weighted by molar-refractivity contribution is 7.17. The van der Waals surface area contributed by atoms with Crippen molar-refractivity contribution in [3.8, 4) is 0 Å². The smallest absolute Gasteiger partial charge is 0.0346 e. The molecule has 0 amide bonds. The lowest BCUT2D eigenvalue weighted by Crippen LogP contribution is -2.40. The lowest BCUT2D eigenvalue weighted by molar-refractivity contribution is 0.239. The number of nitrogens with one attached hydrogen (secondary N) is 1. The lowest BCUT2D eigenvalue weighted by atomic mass is 10.0. The second kappa shape index (κ2) is 6.25. The largest absolute Gasteiger partial charge is 0.312 e. The summed E-state index contributed by atoms with van der Waals surface area (Å²) < 4.78 is 1.41. The predicted octanol–water partition coefficient (Wildman–Crippen LogP) is 3.72. The van der Waals surface area contributed by atoms with Gasteiger partial charge in [0.25, 0.3) is 0 Å². The molecule has 0 bridgehead atoms. The molecule has 3 rings (SSSR count). The molecule has 2 heterocycles. The van der Waals surface area contributed by atoms with Crippen molar-refractivity contribution in [3.63, 3.8) is 0 Å². The van der Waals surface area contributed by atoms with Crippen LogP contribution in [0.2, 0.25) is 0 Å². The predicted molar refractivity (Wildman–Crippen MR) is 88.3 cm³/mol. The summed E-state index contributed by atoms with van der Waals surface area (Å²) in [7, 11) is 0. The quantitative estimate of drug-likeness (QED) is 0.926. The molecule has 1 fully saturated rings. The molecular weight excluding hydrogens is 264 g/mol. The van der Waals surface area contributed by atoms with Crippen LogP contribution >= 0.6 is 11.3 Å². The fourth-order valence-corrected chi connectivity index (χ4v) is 3.96. The first-order chi connectivity index (χ1) is 9.74. The molecule has 20 heavy (non-hydrogen) atoms. The van der Waals surface area contributed by atoms with Crippen molar-refractivity contribution in [1.29, 1.82) is 0 Å². The molecule has 108 valence electrons. The van der Waals surface area contributed by atoms with E-state index in [-0.39, 0.29) is 0 Å². The first-order valence-electron chi connectivity index (χ1n) is 7.65. The minimum Gasteiger partial charge on any atom is -0.312 e. The van der Waals surface area contributed by atoms with E-state index in [0.29, 0.717) is 12.0 Å². The van der Waals surface area contributed by atoms with Gasteiger partial charge in [0.15, 0.2) is 0 Å². The second-order valence-electron chi connectivity index (χ2n) is 6.15. The van der Waals surface area contributed by atoms with Crippen molar-refractivity contribution in [2.75, 3.05) is 19.6 Å². The zero-order valence-electron chi connectivity index (χ0n) is 12.4. The van der Waals surface area contributed by atoms with Crippen molar-refractivity contribution in [1.82, 2.24) is 10.2 Å². The van der Waals surface area contributed by atoms with Gasteiger partial charge in [-0.2, -0.15) is 0 Å². The highest BCUT2D eigenvalue weighted by Gasteiger charge is 2.20. The van der Waals surface area contributed by atoms with E-state index < -0.39 is 0 Å². The fraction of sp³-hybridized carbons (Fsp3) is 0.529. The van der Waals surface area contributed by atoms with Crippen LogP contribution in [0.3, 0.4) is 0 Å². The summed E-state index contributed by atoms with van der Waals surface area (Å²) >= 11 is 1.87. The first kappa shape index (κ1) is 14.1. The van der Waals surface area contributed by atoms with Crippen molar-refractivity contribution in [2.24, 2.45) is 5.92 Å². The van der Waals surface area contributed by atoms with Crippen molar-refractivity contribution >= 4 is 21.4 Å². The topological polar surface area (TPSA) is 15.3 Å². The third-order valence-corrected chi connectivity index (χ3v) is 5.28. The van der Waals surface area contributed by atoms with Gasteiger partial charge in [-0.05, 0) is 47.8 Å². The Hall–Kier alpha value is -0.900. The average molecular weight is 288 g/mol. The maximum atomic E-state index is 3.69. The number of rotatable bonds is 3. The van der Waals surface area contributed by atoms with Gasteiger partial charge in [0.05, 0.1) is 0 Å². The van der Waals surface area contributed by atoms with Crippen LogP contribution in [-0.4, -0.2) is 30.6 Å². The standard InChI is InChI=1S/C17H24N2S/c1-13(2)16-11-19(9-5-8-18-16)10-14-12-20-17-7-4-3-6-15(14)17/h3-4,6-7,12-13,16,18H,5,8-11H2,1-2H3. The van der Waals surface area contributed by atoms with Crippen molar-refractivity contribution in [3.05, 3.63) is 35.2 Å². The molecule has 1 unspecified atom stereocenters. The van der Waals surface area contributed by atoms with Crippen molar-refractivity contribution < 1.29 is 0 Å². The number of nitrogens with zero attached hydrogens (tertiary/aromatic N) is 1. The molecule has 1 aromatic heterocycles. The van der Waals surface area contributed by atoms with Gasteiger partial charge in [-0.3, -0.25) is 4.90 Å². The number of hydrogen-bond donors (Lipinski definition) is 1. The van der Waals surface area contributed by atoms with Gasteiger partial charge in [-0.15, -0.1) is 11.3 Å². The Morgan fingerprint density at radius 2 is 2.20 bits per heavy atom. The molecule has 0 spiro atoms. The Kier molecular flexibility index (Phi) is 4.39. The van der Waals surface area contributed by atoms with Gasteiger partial charge < -0.3 is 5.32 Å². The van der Waals surface area contributed by atoms with Gasteiger partial charge in [0, 0.05) is 23.8 Å². The Bertz CT molecular complexity index is 561. The maximum absolute atomic E-state index is 3.69. The van der Waals surface area contributed by atoms with Crippen molar-refractivity contribution in [2.45, 2.75) is 32.9 Å². The molecule has 1 atom stereocenters. The third kappa shape index (κ3) is 3.05. The SMILES string of the molecule is CC(C)C1CN(Cc2csc3ccccc23)CCCN1. The molecule has 1 aliphatic heterocycles. The fourth-order valence-electron chi connectivity index (χ4n) is 3.01. The molecule has 0 saturated carbocycles. The molecule has 0 aliphatic carbocycles. The van der Waals surface area contributed by atoms with E-state index in [1.165, 1.54) is 35.2 Å². The highest BCUT2D eigenvalue weighted by atomic mass is 32.1. The van der Waals surface area contributed by atoms with Gasteiger partial charge in [-0.25, -0.2) is 0 Å². The summed E-state index contributed by atoms with van der Waals surface area (Å²) in [5.41, 5.74) is 1.50. The molecule has 1 saturated heterocycles. The number of fused-ring (bicyclic) bond motifs is 1. The van der Waals surface area contributed by atoms with Gasteiger partial charge in [-0.1, -0.05) is 32.0 Å². The van der Waals surface area contributed by atoms with Gasteiger partial charge >= 0.3 is 0 Å². The third-order valence-electron chi connectivity index (χ3n) is 4.27. The Labute approximate surface area is 125 Å². The van der Waals surface area contributed by atoms with E-state index in [9.17, 15) is 0 Å². The van der Waals surface area contributed by atoms with E-state index >= 15 is 0 Å². The van der Waals surface area contributed by atoms with Crippen LogP contribution in [0.1, 0.15) is 25.8 Å². The van der Waals surface area contributed by atoms with E-state index in [0.717, 1.165) is 13.1 Å². The zero-order valence-corrected chi connectivity index (χ0v) is 13.2. The summed E-state index contributed by atoms with van der Waals surface area (Å²) in [6, 6.07) is 9.40. The van der Waals surface area contributed by atoms with E-state index in [4.69, 9.17) is 0 Å². The van der Waals surface area contributed by atoms with E-state index in [1.54, 1.807) is 0 Å². The summed E-state index contributed by atoms with van der Waals surface area (Å²) in [5.74, 6) is 0.704. The summed E-state index contributed by atoms with van der Waals surface area (Å²) in [6.45, 7) is 9.27. The van der Waals surface area contributed by atoms with E-state index in [1.807, 2.05) is 11.3 Å². The minimum absolute atomic E-state index is 0.627. The summed E-state index contributed by atoms with van der Waals surface area (Å²) in [5, 5.41) is 7.47. The first-order valence-corrected chi connectivity index (χ1v) is 8.53. The Balaban J connectivity index is 1.76. The van der Waals surface area contributed by atoms with E-state index in [2.05, 4.69) is 53.7 Å². The van der Waals surface area contributed by atoms with Crippen LogP contribution in [0.5, 0.6) is 0 Å². The molecule has 0 radical (unpaired) electrons. The van der Waals surface area contributed by atoms with Crippen LogP contribution in [0, 0.1) is 5.92 Å². The lowest BCUT2D eigenvalue weighted by Gasteiger charge is -2.26. The van der Waals surface area contributed by atoms with Gasteiger partial charge in [0.1, 0.15) is 0 Å². The molecule has 1 aliphatic rings. The van der Waals surface area contributed by atoms with Gasteiger partial charge in [0.2, 0.25) is 0 Å². The summed E-state index contributed by atoms with van der Waals surface area (Å²) in [6.07, 6.45) is 1.26. The second-order valence-corrected chi connectivity index (χ2v) is 7.06. The molecule has 2 aromatic rings. The van der Waals surface area contributed by atoms with Crippen LogP contribution in [0.4, 0.5) is 0 Å². The van der Waals surface area contributed by atoms with Crippen LogP contribution < -0.4 is 5.32 Å². The normalized spacial score (nSPS) is 21.4. The van der Waals surface area contributed by atoms with Crippen LogP contribution in [0.15, 0.2) is 29.6 Å². The molecule has 2 nitrogen and oxygen atoms in total. The maximum Gasteiger partial charge on any atom is 0.0346 e. The number of thiophene rings is 1. The molecular formula is C17H24N2S. The number of benzene rings is 1. The zero-order chi connectivity index (χ0) is 13.9. The monoisotopic (exact) mass is 288 g/mol. The average Bonchev–Trinajstić information content (AvgIpc) is 2.69. The van der Waals surface area contributed by atoms with Crippen LogP contribution in [0.25, 0.3) is 10.1 Å². The van der Waals surface area contributed by atoms with Crippen LogP contribution in [-0.2, 0) is 6.54 Å². The number of hydrogen-bond acceptors (Lipinski definition) is 3. The molecule has 3 heteroatoms. The highest BCUT2D eigenvalue weighted by Crippen LogP contribution is 2.27.